The fourth-order valence-corrected chi connectivity index (χ4v) is 1.65. The molecule has 4 nitrogen and oxygen atoms in total. The standard InChI is InChI=1S/C13H15FN2O2/c1-17-13(18-2)8-16-7-12(15-9-16)10-3-5-11(14)6-4-10/h3-7,9,13H,8H2,1-2H3. The second-order valence-electron chi connectivity index (χ2n) is 3.86. The minimum Gasteiger partial charge on any atom is -0.354 e. The normalized spacial score (nSPS) is 11.1. The van der Waals surface area contributed by atoms with Gasteiger partial charge < -0.3 is 14.0 Å². The topological polar surface area (TPSA) is 36.3 Å². The molecule has 0 aliphatic rings. The first-order valence-corrected chi connectivity index (χ1v) is 5.56. The summed E-state index contributed by atoms with van der Waals surface area (Å²) in [5.74, 6) is -0.253. The number of nitrogens with zero attached hydrogens (tertiary/aromatic N) is 2. The first-order chi connectivity index (χ1) is 8.72. The van der Waals surface area contributed by atoms with Gasteiger partial charge in [-0.25, -0.2) is 9.37 Å². The van der Waals surface area contributed by atoms with Gasteiger partial charge in [0.1, 0.15) is 5.82 Å². The van der Waals surface area contributed by atoms with Crippen LogP contribution >= 0.6 is 0 Å². The highest BCUT2D eigenvalue weighted by atomic mass is 19.1. The summed E-state index contributed by atoms with van der Waals surface area (Å²) in [6, 6.07) is 6.24. The van der Waals surface area contributed by atoms with Crippen LogP contribution in [0.1, 0.15) is 0 Å². The van der Waals surface area contributed by atoms with Gasteiger partial charge in [-0.1, -0.05) is 0 Å². The van der Waals surface area contributed by atoms with E-state index in [1.54, 1.807) is 32.7 Å². The second-order valence-corrected chi connectivity index (χ2v) is 3.86. The third-order valence-corrected chi connectivity index (χ3v) is 2.66. The molecule has 0 unspecified atom stereocenters. The molecule has 2 aromatic rings. The lowest BCUT2D eigenvalue weighted by atomic mass is 10.2. The van der Waals surface area contributed by atoms with Crippen molar-refractivity contribution in [3.8, 4) is 11.3 Å². The Balaban J connectivity index is 2.12. The van der Waals surface area contributed by atoms with Crippen molar-refractivity contribution < 1.29 is 13.9 Å². The molecular weight excluding hydrogens is 235 g/mol. The average molecular weight is 250 g/mol. The van der Waals surface area contributed by atoms with Crippen LogP contribution in [0.4, 0.5) is 4.39 Å². The maximum absolute atomic E-state index is 12.8. The molecule has 0 saturated carbocycles. The Hall–Kier alpha value is -1.72. The third kappa shape index (κ3) is 2.94. The van der Waals surface area contributed by atoms with Crippen molar-refractivity contribution in [3.05, 3.63) is 42.6 Å². The maximum atomic E-state index is 12.8. The monoisotopic (exact) mass is 250 g/mol. The fourth-order valence-electron chi connectivity index (χ4n) is 1.65. The molecule has 1 heterocycles. The molecule has 0 N–H and O–H groups in total. The van der Waals surface area contributed by atoms with Crippen molar-refractivity contribution in [2.45, 2.75) is 12.8 Å². The van der Waals surface area contributed by atoms with Crippen LogP contribution in [0.15, 0.2) is 36.8 Å². The van der Waals surface area contributed by atoms with Gasteiger partial charge in [-0.3, -0.25) is 0 Å². The first-order valence-electron chi connectivity index (χ1n) is 5.56. The van der Waals surface area contributed by atoms with Crippen molar-refractivity contribution in [3.63, 3.8) is 0 Å². The Labute approximate surface area is 105 Å². The number of benzene rings is 1. The molecule has 0 fully saturated rings. The Morgan fingerprint density at radius 3 is 2.50 bits per heavy atom. The lowest BCUT2D eigenvalue weighted by Gasteiger charge is -2.13. The van der Waals surface area contributed by atoms with E-state index in [2.05, 4.69) is 4.98 Å². The lowest BCUT2D eigenvalue weighted by Crippen LogP contribution is -2.19. The number of hydrogen-bond acceptors (Lipinski definition) is 3. The predicted molar refractivity (Wildman–Crippen MR) is 65.4 cm³/mol. The highest BCUT2D eigenvalue weighted by Crippen LogP contribution is 2.17. The van der Waals surface area contributed by atoms with Gasteiger partial charge in [0, 0.05) is 26.0 Å². The van der Waals surface area contributed by atoms with Crippen molar-refractivity contribution in [1.29, 1.82) is 0 Å². The SMILES string of the molecule is COC(Cn1cnc(-c2ccc(F)cc2)c1)OC. The Morgan fingerprint density at radius 1 is 1.22 bits per heavy atom. The molecule has 0 saturated heterocycles. The number of imidazole rings is 1. The summed E-state index contributed by atoms with van der Waals surface area (Å²) in [7, 11) is 3.18. The van der Waals surface area contributed by atoms with Crippen LogP contribution in [0, 0.1) is 5.82 Å². The number of halogens is 1. The molecule has 0 aliphatic heterocycles. The van der Waals surface area contributed by atoms with E-state index in [0.717, 1.165) is 11.3 Å². The van der Waals surface area contributed by atoms with Crippen LogP contribution in [0.5, 0.6) is 0 Å². The molecule has 1 aromatic heterocycles. The number of methoxy groups -OCH3 is 2. The summed E-state index contributed by atoms with van der Waals surface area (Å²) >= 11 is 0. The van der Waals surface area contributed by atoms with E-state index in [-0.39, 0.29) is 12.1 Å². The Morgan fingerprint density at radius 2 is 1.89 bits per heavy atom. The molecule has 0 radical (unpaired) electrons. The zero-order valence-corrected chi connectivity index (χ0v) is 10.3. The van der Waals surface area contributed by atoms with Gasteiger partial charge in [-0.2, -0.15) is 0 Å². The van der Waals surface area contributed by atoms with E-state index >= 15 is 0 Å². The Kier molecular flexibility index (Phi) is 4.07. The van der Waals surface area contributed by atoms with Crippen molar-refractivity contribution in [1.82, 2.24) is 9.55 Å². The average Bonchev–Trinajstić information content (AvgIpc) is 2.85. The van der Waals surface area contributed by atoms with Gasteiger partial charge >= 0.3 is 0 Å². The van der Waals surface area contributed by atoms with Gasteiger partial charge in [0.05, 0.1) is 18.6 Å². The maximum Gasteiger partial charge on any atom is 0.174 e. The predicted octanol–water partition coefficient (Wildman–Crippen LogP) is 2.31. The summed E-state index contributed by atoms with van der Waals surface area (Å²) in [5, 5.41) is 0. The fraction of sp³-hybridized carbons (Fsp3) is 0.308. The zero-order valence-electron chi connectivity index (χ0n) is 10.3. The molecule has 0 bridgehead atoms. The quantitative estimate of drug-likeness (QED) is 0.764. The summed E-state index contributed by atoms with van der Waals surface area (Å²) in [5.41, 5.74) is 1.67. The molecule has 1 aromatic carbocycles. The molecular formula is C13H15FN2O2. The van der Waals surface area contributed by atoms with Crippen LogP contribution in [0.25, 0.3) is 11.3 Å². The van der Waals surface area contributed by atoms with Gasteiger partial charge in [0.25, 0.3) is 0 Å². The molecule has 18 heavy (non-hydrogen) atoms. The van der Waals surface area contributed by atoms with E-state index in [1.807, 2.05) is 10.8 Å². The molecule has 0 aliphatic carbocycles. The van der Waals surface area contributed by atoms with Crippen molar-refractivity contribution in [2.24, 2.45) is 0 Å². The number of hydrogen-bond donors (Lipinski definition) is 0. The summed E-state index contributed by atoms with van der Waals surface area (Å²) in [6.45, 7) is 0.557. The van der Waals surface area contributed by atoms with Gasteiger partial charge in [0.2, 0.25) is 0 Å². The van der Waals surface area contributed by atoms with Crippen LogP contribution in [-0.2, 0) is 16.0 Å². The van der Waals surface area contributed by atoms with E-state index in [4.69, 9.17) is 9.47 Å². The zero-order chi connectivity index (χ0) is 13.0. The molecule has 0 spiro atoms. The van der Waals surface area contributed by atoms with Crippen LogP contribution in [0.3, 0.4) is 0 Å². The highest BCUT2D eigenvalue weighted by molar-refractivity contribution is 5.57. The first kappa shape index (κ1) is 12.7. The largest absolute Gasteiger partial charge is 0.354 e. The van der Waals surface area contributed by atoms with E-state index in [0.29, 0.717) is 6.54 Å². The van der Waals surface area contributed by atoms with E-state index in [1.165, 1.54) is 12.1 Å². The van der Waals surface area contributed by atoms with Gasteiger partial charge in [-0.15, -0.1) is 0 Å². The second kappa shape index (κ2) is 5.75. The van der Waals surface area contributed by atoms with Crippen LogP contribution in [0.2, 0.25) is 0 Å². The minimum atomic E-state index is -0.305. The summed E-state index contributed by atoms with van der Waals surface area (Å²) in [4.78, 5) is 4.27. The van der Waals surface area contributed by atoms with Gasteiger partial charge in [0.15, 0.2) is 6.29 Å². The van der Waals surface area contributed by atoms with E-state index in [9.17, 15) is 4.39 Å². The van der Waals surface area contributed by atoms with E-state index < -0.39 is 0 Å². The summed E-state index contributed by atoms with van der Waals surface area (Å²) in [6.07, 6.45) is 3.27. The molecule has 0 amide bonds. The lowest BCUT2D eigenvalue weighted by molar-refractivity contribution is -0.110. The number of rotatable bonds is 5. The molecule has 96 valence electrons. The smallest absolute Gasteiger partial charge is 0.174 e. The number of aromatic nitrogens is 2. The van der Waals surface area contributed by atoms with Crippen molar-refractivity contribution >= 4 is 0 Å². The van der Waals surface area contributed by atoms with Crippen LogP contribution in [-0.4, -0.2) is 30.1 Å². The minimum absolute atomic E-state index is 0.253. The molecule has 5 heteroatoms. The van der Waals surface area contributed by atoms with Crippen LogP contribution < -0.4 is 0 Å². The summed E-state index contributed by atoms with van der Waals surface area (Å²) < 4.78 is 24.9. The molecule has 2 rings (SSSR count). The third-order valence-electron chi connectivity index (χ3n) is 2.66. The highest BCUT2D eigenvalue weighted by Gasteiger charge is 2.08. The Bertz CT molecular complexity index is 492. The number of ether oxygens (including phenoxy) is 2. The van der Waals surface area contributed by atoms with Crippen molar-refractivity contribution in [2.75, 3.05) is 14.2 Å². The molecule has 0 atom stereocenters. The van der Waals surface area contributed by atoms with Gasteiger partial charge in [-0.05, 0) is 24.3 Å².